The van der Waals surface area contributed by atoms with Crippen LogP contribution in [0.15, 0.2) is 59.8 Å². The van der Waals surface area contributed by atoms with E-state index in [9.17, 15) is 0 Å². The fourth-order valence-corrected chi connectivity index (χ4v) is 4.39. The highest BCUT2D eigenvalue weighted by molar-refractivity contribution is 7.97. The van der Waals surface area contributed by atoms with Crippen LogP contribution >= 0.6 is 11.9 Å². The highest BCUT2D eigenvalue weighted by atomic mass is 32.2. The number of H-pyrrole nitrogens is 1. The number of hydrogen-bond donors (Lipinski definition) is 2. The van der Waals surface area contributed by atoms with Gasteiger partial charge < -0.3 is 14.5 Å². The van der Waals surface area contributed by atoms with Gasteiger partial charge in [0.15, 0.2) is 0 Å². The van der Waals surface area contributed by atoms with Crippen molar-refractivity contribution in [2.24, 2.45) is 7.05 Å². The quantitative estimate of drug-likeness (QED) is 0.470. The number of hydrogen-bond acceptors (Lipinski definition) is 3. The van der Waals surface area contributed by atoms with Gasteiger partial charge in [-0.15, -0.1) is 0 Å². The number of rotatable bonds is 6. The van der Waals surface area contributed by atoms with Crippen molar-refractivity contribution >= 4 is 33.8 Å². The maximum atomic E-state index is 3.58. The summed E-state index contributed by atoms with van der Waals surface area (Å²) < 4.78 is 5.81. The molecule has 2 aromatic carbocycles. The summed E-state index contributed by atoms with van der Waals surface area (Å²) >= 11 is 1.69. The standard InChI is InChI=1S/C22H26N4S/c1-15-5-8-21-18(11-15)19(14-26(21)4)22(25(2)3)13-24-27-17-7-6-16-9-10-23-20(16)12-17/h5-12,14,22-24H,13H2,1-4H3. The van der Waals surface area contributed by atoms with Crippen LogP contribution < -0.4 is 4.72 Å². The van der Waals surface area contributed by atoms with Crippen LogP contribution in [0.3, 0.4) is 0 Å². The first-order chi connectivity index (χ1) is 13.0. The average Bonchev–Trinajstić information content (AvgIpc) is 3.22. The molecule has 2 heterocycles. The van der Waals surface area contributed by atoms with Crippen molar-refractivity contribution in [1.29, 1.82) is 0 Å². The second kappa shape index (κ2) is 7.43. The van der Waals surface area contributed by atoms with Gasteiger partial charge in [-0.05, 0) is 74.2 Å². The zero-order valence-electron chi connectivity index (χ0n) is 16.3. The molecule has 0 aliphatic rings. The summed E-state index contributed by atoms with van der Waals surface area (Å²) in [5.41, 5.74) is 5.13. The topological polar surface area (TPSA) is 36.0 Å². The van der Waals surface area contributed by atoms with Gasteiger partial charge in [-0.1, -0.05) is 17.7 Å². The Balaban J connectivity index is 1.54. The van der Waals surface area contributed by atoms with Crippen molar-refractivity contribution in [3.05, 3.63) is 66.0 Å². The van der Waals surface area contributed by atoms with E-state index in [0.717, 1.165) is 6.54 Å². The molecule has 0 aliphatic heterocycles. The molecule has 0 saturated carbocycles. The Labute approximate surface area is 164 Å². The van der Waals surface area contributed by atoms with Crippen LogP contribution in [-0.2, 0) is 7.05 Å². The molecule has 0 spiro atoms. The smallest absolute Gasteiger partial charge is 0.0497 e. The van der Waals surface area contributed by atoms with Gasteiger partial charge in [0.25, 0.3) is 0 Å². The van der Waals surface area contributed by atoms with Crippen molar-refractivity contribution < 1.29 is 0 Å². The first kappa shape index (κ1) is 18.2. The Hall–Kier alpha value is -2.21. The molecule has 0 fully saturated rings. The molecule has 1 unspecified atom stereocenters. The lowest BCUT2D eigenvalue weighted by molar-refractivity contribution is 0.303. The van der Waals surface area contributed by atoms with E-state index >= 15 is 0 Å². The number of aromatic nitrogens is 2. The molecule has 1 atom stereocenters. The van der Waals surface area contributed by atoms with Crippen molar-refractivity contribution in [2.45, 2.75) is 17.9 Å². The Morgan fingerprint density at radius 3 is 2.81 bits per heavy atom. The summed E-state index contributed by atoms with van der Waals surface area (Å²) in [4.78, 5) is 6.79. The van der Waals surface area contributed by atoms with Crippen LogP contribution in [0.1, 0.15) is 17.2 Å². The molecule has 2 N–H and O–H groups in total. The first-order valence-corrected chi connectivity index (χ1v) is 10.0. The van der Waals surface area contributed by atoms with E-state index in [1.165, 1.54) is 37.8 Å². The lowest BCUT2D eigenvalue weighted by Crippen LogP contribution is -2.28. The Morgan fingerprint density at radius 2 is 2.00 bits per heavy atom. The minimum absolute atomic E-state index is 0.303. The fourth-order valence-electron chi connectivity index (χ4n) is 3.67. The molecular formula is C22H26N4S. The molecule has 5 heteroatoms. The van der Waals surface area contributed by atoms with E-state index in [1.54, 1.807) is 11.9 Å². The summed E-state index contributed by atoms with van der Waals surface area (Å²) in [5, 5.41) is 2.59. The Kier molecular flexibility index (Phi) is 5.00. The van der Waals surface area contributed by atoms with Gasteiger partial charge in [0.2, 0.25) is 0 Å². The molecule has 140 valence electrons. The van der Waals surface area contributed by atoms with Gasteiger partial charge in [0.05, 0.1) is 0 Å². The van der Waals surface area contributed by atoms with E-state index in [2.05, 4.69) is 95.9 Å². The third-order valence-electron chi connectivity index (χ3n) is 5.15. The van der Waals surface area contributed by atoms with Crippen LogP contribution in [0.4, 0.5) is 0 Å². The minimum atomic E-state index is 0.303. The first-order valence-electron chi connectivity index (χ1n) is 9.22. The van der Waals surface area contributed by atoms with Crippen LogP contribution in [0.2, 0.25) is 0 Å². The second-order valence-electron chi connectivity index (χ2n) is 7.37. The SMILES string of the molecule is Cc1ccc2c(c1)c(C(CNSc1ccc3cc[nH]c3c1)N(C)C)cn2C. The number of likely N-dealkylation sites (N-methyl/N-ethyl adjacent to an activating group) is 1. The molecule has 4 nitrogen and oxygen atoms in total. The summed E-state index contributed by atoms with van der Waals surface area (Å²) in [6, 6.07) is 15.6. The van der Waals surface area contributed by atoms with Gasteiger partial charge in [0, 0.05) is 53.3 Å². The predicted molar refractivity (Wildman–Crippen MR) is 116 cm³/mol. The van der Waals surface area contributed by atoms with Crippen molar-refractivity contribution in [3.63, 3.8) is 0 Å². The van der Waals surface area contributed by atoms with Crippen LogP contribution in [0.25, 0.3) is 21.8 Å². The summed E-state index contributed by atoms with van der Waals surface area (Å²) in [7, 11) is 6.43. The monoisotopic (exact) mass is 378 g/mol. The number of benzene rings is 2. The van der Waals surface area contributed by atoms with Crippen LogP contribution in [0.5, 0.6) is 0 Å². The third-order valence-corrected chi connectivity index (χ3v) is 5.95. The number of nitrogens with zero attached hydrogens (tertiary/aromatic N) is 2. The molecule has 0 amide bonds. The third kappa shape index (κ3) is 3.63. The van der Waals surface area contributed by atoms with E-state index in [-0.39, 0.29) is 0 Å². The van der Waals surface area contributed by atoms with E-state index in [4.69, 9.17) is 0 Å². The average molecular weight is 379 g/mol. The molecule has 0 aliphatic carbocycles. The highest BCUT2D eigenvalue weighted by Gasteiger charge is 2.19. The van der Waals surface area contributed by atoms with Gasteiger partial charge >= 0.3 is 0 Å². The number of fused-ring (bicyclic) bond motifs is 2. The van der Waals surface area contributed by atoms with Crippen LogP contribution in [-0.4, -0.2) is 35.1 Å². The van der Waals surface area contributed by atoms with Gasteiger partial charge in [-0.2, -0.15) is 0 Å². The molecule has 0 radical (unpaired) electrons. The van der Waals surface area contributed by atoms with Crippen molar-refractivity contribution in [1.82, 2.24) is 19.2 Å². The maximum absolute atomic E-state index is 3.58. The lowest BCUT2D eigenvalue weighted by atomic mass is 10.0. The van der Waals surface area contributed by atoms with E-state index in [0.29, 0.717) is 6.04 Å². The van der Waals surface area contributed by atoms with Crippen molar-refractivity contribution in [3.8, 4) is 0 Å². The highest BCUT2D eigenvalue weighted by Crippen LogP contribution is 2.30. The number of aromatic amines is 1. The summed E-state index contributed by atoms with van der Waals surface area (Å²) in [5.74, 6) is 0. The number of nitrogens with one attached hydrogen (secondary N) is 2. The molecule has 4 aromatic rings. The minimum Gasteiger partial charge on any atom is -0.361 e. The predicted octanol–water partition coefficient (Wildman–Crippen LogP) is 4.87. The largest absolute Gasteiger partial charge is 0.361 e. The van der Waals surface area contributed by atoms with Crippen LogP contribution in [0, 0.1) is 6.92 Å². The summed E-state index contributed by atoms with van der Waals surface area (Å²) in [6.45, 7) is 3.03. The molecule has 27 heavy (non-hydrogen) atoms. The van der Waals surface area contributed by atoms with Gasteiger partial charge in [-0.3, -0.25) is 4.72 Å². The maximum Gasteiger partial charge on any atom is 0.0497 e. The normalized spacial score (nSPS) is 13.1. The van der Waals surface area contributed by atoms with Crippen molar-refractivity contribution in [2.75, 3.05) is 20.6 Å². The lowest BCUT2D eigenvalue weighted by Gasteiger charge is -2.24. The fraction of sp³-hybridized carbons (Fsp3) is 0.273. The van der Waals surface area contributed by atoms with E-state index < -0.39 is 0 Å². The Bertz CT molecular complexity index is 1080. The molecule has 2 aromatic heterocycles. The van der Waals surface area contributed by atoms with Gasteiger partial charge in [-0.25, -0.2) is 0 Å². The zero-order valence-corrected chi connectivity index (χ0v) is 17.1. The zero-order chi connectivity index (χ0) is 19.0. The van der Waals surface area contributed by atoms with E-state index in [1.807, 2.05) is 6.20 Å². The van der Waals surface area contributed by atoms with Gasteiger partial charge in [0.1, 0.15) is 0 Å². The second-order valence-corrected chi connectivity index (χ2v) is 8.34. The summed E-state index contributed by atoms with van der Waals surface area (Å²) in [6.07, 6.45) is 4.25. The molecule has 4 rings (SSSR count). The molecular weight excluding hydrogens is 352 g/mol. The number of aryl methyl sites for hydroxylation is 2. The molecule has 0 saturated heterocycles. The molecule has 0 bridgehead atoms. The Morgan fingerprint density at radius 1 is 1.15 bits per heavy atom.